The number of nitrogens with one attached hydrogen (secondary N) is 1. The number of likely N-dealkylation sites (N-methyl/N-ethyl adjacent to an activating group) is 2. The molecule has 0 aromatic rings. The molecule has 2 aliphatic heterocycles. The molecule has 84 valence electrons. The number of piperidine rings is 1. The van der Waals surface area contributed by atoms with Crippen molar-refractivity contribution in [3.05, 3.63) is 0 Å². The summed E-state index contributed by atoms with van der Waals surface area (Å²) in [5, 5.41) is 3.26. The molecule has 15 heavy (non-hydrogen) atoms. The Morgan fingerprint density at radius 3 is 2.27 bits per heavy atom. The monoisotopic (exact) mass is 211 g/mol. The van der Waals surface area contributed by atoms with Gasteiger partial charge in [-0.05, 0) is 31.8 Å². The molecular weight excluding hydrogens is 194 g/mol. The van der Waals surface area contributed by atoms with Gasteiger partial charge in [-0.1, -0.05) is 0 Å². The molecule has 5 nitrogen and oxygen atoms in total. The van der Waals surface area contributed by atoms with Crippen molar-refractivity contribution in [2.24, 2.45) is 5.92 Å². The molecule has 0 aromatic carbocycles. The SMILES string of the molecule is CN1C(=O)[C@@H](C2CCNCC2)N(C)C1=O. The number of carbonyl (C=O) groups is 2. The van der Waals surface area contributed by atoms with Crippen LogP contribution >= 0.6 is 0 Å². The second-order valence-electron chi connectivity index (χ2n) is 4.32. The van der Waals surface area contributed by atoms with Gasteiger partial charge in [-0.25, -0.2) is 4.79 Å². The van der Waals surface area contributed by atoms with E-state index in [1.807, 2.05) is 0 Å². The van der Waals surface area contributed by atoms with Gasteiger partial charge in [-0.3, -0.25) is 9.69 Å². The molecule has 2 aliphatic rings. The van der Waals surface area contributed by atoms with E-state index >= 15 is 0 Å². The standard InChI is InChI=1S/C10H17N3O2/c1-12-8(7-3-5-11-6-4-7)9(14)13(2)10(12)15/h7-8,11H,3-6H2,1-2H3/t8-/m1/s1. The van der Waals surface area contributed by atoms with Crippen LogP contribution in [0.3, 0.4) is 0 Å². The number of amides is 3. The highest BCUT2D eigenvalue weighted by Gasteiger charge is 2.44. The molecule has 2 saturated heterocycles. The van der Waals surface area contributed by atoms with Gasteiger partial charge in [-0.2, -0.15) is 0 Å². The molecule has 1 N–H and O–H groups in total. The van der Waals surface area contributed by atoms with Crippen molar-refractivity contribution in [1.29, 1.82) is 0 Å². The number of carbonyl (C=O) groups excluding carboxylic acids is 2. The van der Waals surface area contributed by atoms with Gasteiger partial charge < -0.3 is 10.2 Å². The minimum absolute atomic E-state index is 0.0469. The van der Waals surface area contributed by atoms with E-state index in [0.29, 0.717) is 5.92 Å². The third-order valence-electron chi connectivity index (χ3n) is 3.42. The van der Waals surface area contributed by atoms with Gasteiger partial charge >= 0.3 is 6.03 Å². The molecule has 0 radical (unpaired) electrons. The first-order valence-corrected chi connectivity index (χ1v) is 5.38. The summed E-state index contributed by atoms with van der Waals surface area (Å²) < 4.78 is 0. The highest BCUT2D eigenvalue weighted by atomic mass is 16.2. The zero-order valence-corrected chi connectivity index (χ0v) is 9.19. The lowest BCUT2D eigenvalue weighted by atomic mass is 9.89. The molecule has 0 saturated carbocycles. The topological polar surface area (TPSA) is 52.7 Å². The minimum Gasteiger partial charge on any atom is -0.317 e. The molecule has 5 heteroatoms. The highest BCUT2D eigenvalue weighted by molar-refractivity contribution is 6.03. The largest absolute Gasteiger partial charge is 0.326 e. The van der Waals surface area contributed by atoms with Crippen molar-refractivity contribution in [2.45, 2.75) is 18.9 Å². The van der Waals surface area contributed by atoms with Crippen LogP contribution < -0.4 is 5.32 Å². The fraction of sp³-hybridized carbons (Fsp3) is 0.800. The Morgan fingerprint density at radius 2 is 1.80 bits per heavy atom. The lowest BCUT2D eigenvalue weighted by Crippen LogP contribution is -2.43. The van der Waals surface area contributed by atoms with Crippen LogP contribution in [0.5, 0.6) is 0 Å². The maximum Gasteiger partial charge on any atom is 0.326 e. The number of urea groups is 1. The average Bonchev–Trinajstić information content (AvgIpc) is 2.45. The van der Waals surface area contributed by atoms with Crippen molar-refractivity contribution in [3.8, 4) is 0 Å². The van der Waals surface area contributed by atoms with E-state index in [-0.39, 0.29) is 18.0 Å². The summed E-state index contributed by atoms with van der Waals surface area (Å²) in [5.74, 6) is 0.270. The zero-order valence-electron chi connectivity index (χ0n) is 9.19. The summed E-state index contributed by atoms with van der Waals surface area (Å²) in [7, 11) is 3.28. The fourth-order valence-electron chi connectivity index (χ4n) is 2.49. The summed E-state index contributed by atoms with van der Waals surface area (Å²) in [6.07, 6.45) is 1.95. The Bertz CT molecular complexity index is 286. The van der Waals surface area contributed by atoms with Crippen LogP contribution in [-0.4, -0.2) is 55.0 Å². The molecule has 0 aromatic heterocycles. The van der Waals surface area contributed by atoms with Crippen molar-refractivity contribution in [2.75, 3.05) is 27.2 Å². The molecular formula is C10H17N3O2. The Hall–Kier alpha value is -1.10. The van der Waals surface area contributed by atoms with E-state index in [1.54, 1.807) is 19.0 Å². The quantitative estimate of drug-likeness (QED) is 0.615. The van der Waals surface area contributed by atoms with Crippen molar-refractivity contribution < 1.29 is 9.59 Å². The molecule has 1 atom stereocenters. The first-order chi connectivity index (χ1) is 7.13. The van der Waals surface area contributed by atoms with Gasteiger partial charge in [0.1, 0.15) is 6.04 Å². The number of hydrogen-bond acceptors (Lipinski definition) is 3. The molecule has 0 aliphatic carbocycles. The van der Waals surface area contributed by atoms with Crippen LogP contribution in [0.15, 0.2) is 0 Å². The van der Waals surface area contributed by atoms with E-state index in [2.05, 4.69) is 5.32 Å². The van der Waals surface area contributed by atoms with E-state index < -0.39 is 0 Å². The summed E-state index contributed by atoms with van der Waals surface area (Å²) in [5.41, 5.74) is 0. The van der Waals surface area contributed by atoms with Crippen molar-refractivity contribution in [3.63, 3.8) is 0 Å². The maximum atomic E-state index is 11.9. The number of nitrogens with zero attached hydrogens (tertiary/aromatic N) is 2. The first-order valence-electron chi connectivity index (χ1n) is 5.38. The van der Waals surface area contributed by atoms with Crippen LogP contribution in [-0.2, 0) is 4.79 Å². The number of rotatable bonds is 1. The first kappa shape index (κ1) is 10.4. The minimum atomic E-state index is -0.232. The Kier molecular flexibility index (Phi) is 2.65. The molecule has 2 heterocycles. The van der Waals surface area contributed by atoms with Gasteiger partial charge in [0.2, 0.25) is 0 Å². The Balaban J connectivity index is 2.14. The zero-order chi connectivity index (χ0) is 11.0. The number of hydrogen-bond donors (Lipinski definition) is 1. The Labute approximate surface area is 89.4 Å². The van der Waals surface area contributed by atoms with E-state index in [1.165, 1.54) is 4.90 Å². The Morgan fingerprint density at radius 1 is 1.20 bits per heavy atom. The van der Waals surface area contributed by atoms with E-state index in [0.717, 1.165) is 25.9 Å². The third kappa shape index (κ3) is 1.61. The maximum absolute atomic E-state index is 11.9. The van der Waals surface area contributed by atoms with Crippen molar-refractivity contribution in [1.82, 2.24) is 15.1 Å². The summed E-state index contributed by atoms with van der Waals surface area (Å²) in [4.78, 5) is 26.3. The van der Waals surface area contributed by atoms with Crippen molar-refractivity contribution >= 4 is 11.9 Å². The van der Waals surface area contributed by atoms with Crippen LogP contribution in [0.25, 0.3) is 0 Å². The second-order valence-corrected chi connectivity index (χ2v) is 4.32. The van der Waals surface area contributed by atoms with Crippen LogP contribution in [0.2, 0.25) is 0 Å². The molecule has 2 rings (SSSR count). The van der Waals surface area contributed by atoms with Crippen LogP contribution in [0, 0.1) is 5.92 Å². The second kappa shape index (κ2) is 3.81. The van der Waals surface area contributed by atoms with Gasteiger partial charge in [0.25, 0.3) is 5.91 Å². The van der Waals surface area contributed by atoms with E-state index in [4.69, 9.17) is 0 Å². The fourth-order valence-corrected chi connectivity index (χ4v) is 2.49. The van der Waals surface area contributed by atoms with Gasteiger partial charge in [-0.15, -0.1) is 0 Å². The molecule has 0 spiro atoms. The smallest absolute Gasteiger partial charge is 0.317 e. The van der Waals surface area contributed by atoms with Crippen LogP contribution in [0.4, 0.5) is 4.79 Å². The number of imide groups is 1. The van der Waals surface area contributed by atoms with Gasteiger partial charge in [0.05, 0.1) is 0 Å². The predicted molar refractivity (Wildman–Crippen MR) is 55.3 cm³/mol. The van der Waals surface area contributed by atoms with E-state index in [9.17, 15) is 9.59 Å². The molecule has 0 bridgehead atoms. The highest BCUT2D eigenvalue weighted by Crippen LogP contribution is 2.26. The summed E-state index contributed by atoms with van der Waals surface area (Å²) in [6, 6.07) is -0.409. The lowest BCUT2D eigenvalue weighted by Gasteiger charge is -2.29. The summed E-state index contributed by atoms with van der Waals surface area (Å²) in [6.45, 7) is 1.89. The lowest BCUT2D eigenvalue weighted by molar-refractivity contribution is -0.128. The van der Waals surface area contributed by atoms with Crippen LogP contribution in [0.1, 0.15) is 12.8 Å². The molecule has 0 unspecified atom stereocenters. The molecule has 3 amide bonds. The average molecular weight is 211 g/mol. The molecule has 2 fully saturated rings. The van der Waals surface area contributed by atoms with Gasteiger partial charge in [0, 0.05) is 14.1 Å². The summed E-state index contributed by atoms with van der Waals surface area (Å²) >= 11 is 0. The predicted octanol–water partition coefficient (Wildman–Crippen LogP) is -0.122. The third-order valence-corrected chi connectivity index (χ3v) is 3.42. The normalized spacial score (nSPS) is 29.1. The van der Waals surface area contributed by atoms with Gasteiger partial charge in [0.15, 0.2) is 0 Å².